The first-order valence-corrected chi connectivity index (χ1v) is 8.11. The molecule has 0 unspecified atom stereocenters. The zero-order valence-corrected chi connectivity index (χ0v) is 14.4. The van der Waals surface area contributed by atoms with E-state index in [1.54, 1.807) is 36.1 Å². The molecule has 2 heterocycles. The summed E-state index contributed by atoms with van der Waals surface area (Å²) in [6.45, 7) is 2.46. The maximum atomic E-state index is 13.1. The summed E-state index contributed by atoms with van der Waals surface area (Å²) in [5.41, 5.74) is 0.162. The van der Waals surface area contributed by atoms with Gasteiger partial charge < -0.3 is 16.0 Å². The lowest BCUT2D eigenvalue weighted by Gasteiger charge is -2.10. The van der Waals surface area contributed by atoms with Crippen molar-refractivity contribution in [1.29, 1.82) is 0 Å². The van der Waals surface area contributed by atoms with Crippen LogP contribution in [0.5, 0.6) is 0 Å². The van der Waals surface area contributed by atoms with Crippen LogP contribution in [0.15, 0.2) is 42.7 Å². The fourth-order valence-electron chi connectivity index (χ4n) is 2.28. The van der Waals surface area contributed by atoms with E-state index in [4.69, 9.17) is 0 Å². The normalized spacial score (nSPS) is 10.5. The van der Waals surface area contributed by atoms with Crippen LogP contribution in [-0.2, 0) is 0 Å². The molecular weight excluding hydrogens is 356 g/mol. The molecule has 8 nitrogen and oxygen atoms in total. The molecule has 0 atom stereocenters. The summed E-state index contributed by atoms with van der Waals surface area (Å²) < 4.78 is 27.6. The summed E-state index contributed by atoms with van der Waals surface area (Å²) in [5, 5.41) is 12.2. The van der Waals surface area contributed by atoms with Crippen molar-refractivity contribution in [2.45, 2.75) is 6.92 Å². The van der Waals surface area contributed by atoms with Gasteiger partial charge in [-0.1, -0.05) is 0 Å². The molecule has 3 N–H and O–H groups in total. The molecule has 3 aromatic rings. The highest BCUT2D eigenvalue weighted by molar-refractivity contribution is 5.89. The Balaban J connectivity index is 1.48. The topological polar surface area (TPSA) is 96.8 Å². The van der Waals surface area contributed by atoms with Gasteiger partial charge in [-0.25, -0.2) is 28.2 Å². The second kappa shape index (κ2) is 8.21. The van der Waals surface area contributed by atoms with Crippen LogP contribution in [0.4, 0.5) is 25.1 Å². The molecule has 2 aromatic heterocycles. The molecule has 0 radical (unpaired) electrons. The van der Waals surface area contributed by atoms with Gasteiger partial charge in [0, 0.05) is 43.3 Å². The Morgan fingerprint density at radius 2 is 2.00 bits per heavy atom. The molecule has 0 spiro atoms. The van der Waals surface area contributed by atoms with E-state index in [9.17, 15) is 13.6 Å². The lowest BCUT2D eigenvalue weighted by molar-refractivity contribution is 0.252. The molecule has 0 bridgehead atoms. The number of hydrogen-bond acceptors (Lipinski definition) is 5. The number of urea groups is 1. The van der Waals surface area contributed by atoms with Crippen LogP contribution >= 0.6 is 0 Å². The highest BCUT2D eigenvalue weighted by Gasteiger charge is 2.06. The summed E-state index contributed by atoms with van der Waals surface area (Å²) in [7, 11) is 0. The molecule has 0 aliphatic carbocycles. The van der Waals surface area contributed by atoms with Gasteiger partial charge in [-0.15, -0.1) is 0 Å². The van der Waals surface area contributed by atoms with Gasteiger partial charge in [-0.3, -0.25) is 0 Å². The van der Waals surface area contributed by atoms with Gasteiger partial charge in [0.2, 0.25) is 0 Å². The number of anilines is 2. The minimum Gasteiger partial charge on any atom is -0.368 e. The minimum absolute atomic E-state index is 0.162. The van der Waals surface area contributed by atoms with Gasteiger partial charge in [0.1, 0.15) is 11.6 Å². The number of hydrogen-bond donors (Lipinski definition) is 3. The predicted molar refractivity (Wildman–Crippen MR) is 95.8 cm³/mol. The first kappa shape index (κ1) is 18.2. The fraction of sp³-hybridized carbons (Fsp3) is 0.176. The number of rotatable bonds is 6. The lowest BCUT2D eigenvalue weighted by atomic mass is 10.3. The van der Waals surface area contributed by atoms with E-state index in [0.29, 0.717) is 24.0 Å². The van der Waals surface area contributed by atoms with E-state index >= 15 is 0 Å². The molecule has 10 heteroatoms. The number of nitrogens with one attached hydrogen (secondary N) is 3. The number of nitrogens with zero attached hydrogens (tertiary/aromatic N) is 4. The number of benzene rings is 1. The summed E-state index contributed by atoms with van der Waals surface area (Å²) in [5.74, 6) is -0.203. The molecule has 2 amide bonds. The molecule has 3 rings (SSSR count). The van der Waals surface area contributed by atoms with Crippen LogP contribution in [0.3, 0.4) is 0 Å². The first-order chi connectivity index (χ1) is 13.0. The van der Waals surface area contributed by atoms with Gasteiger partial charge in [-0.05, 0) is 25.1 Å². The van der Waals surface area contributed by atoms with E-state index in [2.05, 4.69) is 31.0 Å². The van der Waals surface area contributed by atoms with E-state index < -0.39 is 17.7 Å². The smallest absolute Gasteiger partial charge is 0.319 e. The summed E-state index contributed by atoms with van der Waals surface area (Å²) in [4.78, 5) is 20.4. The Labute approximate surface area is 153 Å². The Kier molecular flexibility index (Phi) is 5.55. The Hall–Kier alpha value is -3.56. The van der Waals surface area contributed by atoms with Crippen LogP contribution in [-0.4, -0.2) is 38.9 Å². The highest BCUT2D eigenvalue weighted by Crippen LogP contribution is 2.13. The molecule has 0 fully saturated rings. The second-order valence-electron chi connectivity index (χ2n) is 5.55. The van der Waals surface area contributed by atoms with Crippen LogP contribution < -0.4 is 16.0 Å². The number of amides is 2. The number of halogens is 2. The SMILES string of the molecule is Cc1nc(NCCNC(=O)Nc2ccc(F)c(F)c2)cc(-n2cccn2)n1. The van der Waals surface area contributed by atoms with E-state index in [1.807, 2.05) is 0 Å². The average molecular weight is 373 g/mol. The maximum absolute atomic E-state index is 13.1. The average Bonchev–Trinajstić information content (AvgIpc) is 3.16. The van der Waals surface area contributed by atoms with Crippen molar-refractivity contribution in [2.75, 3.05) is 23.7 Å². The third-order valence-electron chi connectivity index (χ3n) is 3.46. The number of aryl methyl sites for hydroxylation is 1. The van der Waals surface area contributed by atoms with Crippen LogP contribution in [0.2, 0.25) is 0 Å². The molecule has 1 aromatic carbocycles. The monoisotopic (exact) mass is 373 g/mol. The van der Waals surface area contributed by atoms with E-state index in [0.717, 1.165) is 12.1 Å². The van der Waals surface area contributed by atoms with Crippen molar-refractivity contribution in [3.05, 3.63) is 60.2 Å². The Bertz CT molecular complexity index is 931. The number of carbonyl (C=O) groups is 1. The molecular formula is C17H17F2N7O. The zero-order valence-electron chi connectivity index (χ0n) is 14.4. The van der Waals surface area contributed by atoms with E-state index in [1.165, 1.54) is 6.07 Å². The summed E-state index contributed by atoms with van der Waals surface area (Å²) in [6, 6.07) is 6.13. The van der Waals surface area contributed by atoms with Gasteiger partial charge >= 0.3 is 6.03 Å². The Morgan fingerprint density at radius 1 is 1.15 bits per heavy atom. The van der Waals surface area contributed by atoms with Gasteiger partial charge in [-0.2, -0.15) is 5.10 Å². The quantitative estimate of drug-likeness (QED) is 0.577. The third-order valence-corrected chi connectivity index (χ3v) is 3.46. The van der Waals surface area contributed by atoms with Crippen LogP contribution in [0, 0.1) is 18.6 Å². The Morgan fingerprint density at radius 3 is 2.74 bits per heavy atom. The van der Waals surface area contributed by atoms with Gasteiger partial charge in [0.05, 0.1) is 0 Å². The van der Waals surface area contributed by atoms with Crippen molar-refractivity contribution < 1.29 is 13.6 Å². The fourth-order valence-corrected chi connectivity index (χ4v) is 2.28. The maximum Gasteiger partial charge on any atom is 0.319 e. The molecule has 0 aliphatic rings. The number of aromatic nitrogens is 4. The lowest BCUT2D eigenvalue weighted by Crippen LogP contribution is -2.32. The zero-order chi connectivity index (χ0) is 19.2. The minimum atomic E-state index is -1.03. The third kappa shape index (κ3) is 4.97. The molecule has 27 heavy (non-hydrogen) atoms. The van der Waals surface area contributed by atoms with Crippen molar-refractivity contribution in [3.63, 3.8) is 0 Å². The number of carbonyl (C=O) groups excluding carboxylic acids is 1. The molecule has 0 saturated heterocycles. The summed E-state index contributed by atoms with van der Waals surface area (Å²) in [6.07, 6.45) is 3.43. The standard InChI is InChI=1S/C17H17F2N7O/c1-11-23-15(10-16(24-11)26-8-2-5-22-26)20-6-7-21-17(27)25-12-3-4-13(18)14(19)9-12/h2-5,8-10H,6-7H2,1H3,(H,20,23,24)(H2,21,25,27). The van der Waals surface area contributed by atoms with E-state index in [-0.39, 0.29) is 12.2 Å². The predicted octanol–water partition coefficient (Wildman–Crippen LogP) is 2.48. The van der Waals surface area contributed by atoms with Gasteiger partial charge in [0.15, 0.2) is 17.5 Å². The largest absolute Gasteiger partial charge is 0.368 e. The van der Waals surface area contributed by atoms with Crippen LogP contribution in [0.25, 0.3) is 5.82 Å². The molecule has 140 valence electrons. The van der Waals surface area contributed by atoms with Crippen molar-refractivity contribution in [2.24, 2.45) is 0 Å². The van der Waals surface area contributed by atoms with Crippen molar-refractivity contribution in [1.82, 2.24) is 25.1 Å². The highest BCUT2D eigenvalue weighted by atomic mass is 19.2. The van der Waals surface area contributed by atoms with Crippen molar-refractivity contribution in [3.8, 4) is 5.82 Å². The molecule has 0 saturated carbocycles. The van der Waals surface area contributed by atoms with Gasteiger partial charge in [0.25, 0.3) is 0 Å². The van der Waals surface area contributed by atoms with Crippen LogP contribution in [0.1, 0.15) is 5.82 Å². The second-order valence-corrected chi connectivity index (χ2v) is 5.55. The van der Waals surface area contributed by atoms with Crippen molar-refractivity contribution >= 4 is 17.5 Å². The summed E-state index contributed by atoms with van der Waals surface area (Å²) >= 11 is 0. The first-order valence-electron chi connectivity index (χ1n) is 8.11. The molecule has 0 aliphatic heterocycles.